The van der Waals surface area contributed by atoms with Crippen molar-refractivity contribution < 1.29 is 8.42 Å². The van der Waals surface area contributed by atoms with Crippen LogP contribution in [0.5, 0.6) is 0 Å². The molecule has 1 N–H and O–H groups in total. The van der Waals surface area contributed by atoms with Crippen LogP contribution in [0.2, 0.25) is 0 Å². The van der Waals surface area contributed by atoms with Gasteiger partial charge in [-0.05, 0) is 18.9 Å². The molecule has 0 radical (unpaired) electrons. The zero-order valence-corrected chi connectivity index (χ0v) is 9.97. The van der Waals surface area contributed by atoms with Gasteiger partial charge in [-0.2, -0.15) is 4.31 Å². The third-order valence-corrected chi connectivity index (χ3v) is 3.71. The molecule has 0 aliphatic carbocycles. The van der Waals surface area contributed by atoms with Crippen LogP contribution in [0.25, 0.3) is 0 Å². The monoisotopic (exact) mass is 220 g/mol. The quantitative estimate of drug-likeness (QED) is 0.739. The Morgan fingerprint density at radius 2 is 2.14 bits per heavy atom. The minimum absolute atomic E-state index is 0.160. The van der Waals surface area contributed by atoms with Gasteiger partial charge in [0.1, 0.15) is 0 Å². The molecule has 0 saturated carbocycles. The summed E-state index contributed by atoms with van der Waals surface area (Å²) >= 11 is 0. The summed E-state index contributed by atoms with van der Waals surface area (Å²) in [4.78, 5) is 0. The van der Waals surface area contributed by atoms with Crippen LogP contribution in [0, 0.1) is 5.92 Å². The SMILES string of the molecule is CC(C)CN(C1CCNC1)S(C)(=O)=O. The standard InChI is InChI=1S/C9H20N2O2S/c1-8(2)7-11(14(3,12)13)9-4-5-10-6-9/h8-10H,4-7H2,1-3H3. The highest BCUT2D eigenvalue weighted by Crippen LogP contribution is 2.14. The van der Waals surface area contributed by atoms with E-state index in [0.29, 0.717) is 12.5 Å². The predicted octanol–water partition coefficient (Wildman–Crippen LogP) is 0.266. The smallest absolute Gasteiger partial charge is 0.211 e. The lowest BCUT2D eigenvalue weighted by Crippen LogP contribution is -2.42. The van der Waals surface area contributed by atoms with Crippen molar-refractivity contribution in [3.05, 3.63) is 0 Å². The van der Waals surface area contributed by atoms with Crippen LogP contribution < -0.4 is 5.32 Å². The van der Waals surface area contributed by atoms with Crippen molar-refractivity contribution in [3.8, 4) is 0 Å². The Morgan fingerprint density at radius 3 is 2.50 bits per heavy atom. The molecular formula is C9H20N2O2S. The fraction of sp³-hybridized carbons (Fsp3) is 1.00. The molecular weight excluding hydrogens is 200 g/mol. The van der Waals surface area contributed by atoms with Crippen LogP contribution in [0.15, 0.2) is 0 Å². The summed E-state index contributed by atoms with van der Waals surface area (Å²) in [6.07, 6.45) is 2.23. The number of sulfonamides is 1. The molecule has 0 amide bonds. The largest absolute Gasteiger partial charge is 0.315 e. The first-order valence-corrected chi connectivity index (χ1v) is 6.93. The Morgan fingerprint density at radius 1 is 1.50 bits per heavy atom. The highest BCUT2D eigenvalue weighted by Gasteiger charge is 2.29. The molecule has 1 fully saturated rings. The lowest BCUT2D eigenvalue weighted by Gasteiger charge is -2.27. The summed E-state index contributed by atoms with van der Waals surface area (Å²) in [6, 6.07) is 0.160. The maximum Gasteiger partial charge on any atom is 0.211 e. The highest BCUT2D eigenvalue weighted by molar-refractivity contribution is 7.88. The highest BCUT2D eigenvalue weighted by atomic mass is 32.2. The normalized spacial score (nSPS) is 23.6. The van der Waals surface area contributed by atoms with Gasteiger partial charge in [0.05, 0.1) is 6.26 Å². The topological polar surface area (TPSA) is 49.4 Å². The van der Waals surface area contributed by atoms with E-state index in [-0.39, 0.29) is 6.04 Å². The van der Waals surface area contributed by atoms with Crippen molar-refractivity contribution >= 4 is 10.0 Å². The molecule has 1 aliphatic heterocycles. The average Bonchev–Trinajstić information content (AvgIpc) is 2.49. The Kier molecular flexibility index (Phi) is 3.92. The number of nitrogens with one attached hydrogen (secondary N) is 1. The summed E-state index contributed by atoms with van der Waals surface area (Å²) in [6.45, 7) is 6.43. The molecule has 1 unspecified atom stereocenters. The Labute approximate surface area is 86.7 Å². The van der Waals surface area contributed by atoms with E-state index in [0.717, 1.165) is 19.5 Å². The van der Waals surface area contributed by atoms with Gasteiger partial charge in [-0.15, -0.1) is 0 Å². The Balaban J connectivity index is 2.71. The lowest BCUT2D eigenvalue weighted by atomic mass is 10.2. The summed E-state index contributed by atoms with van der Waals surface area (Å²) < 4.78 is 24.7. The van der Waals surface area contributed by atoms with Gasteiger partial charge in [0.2, 0.25) is 10.0 Å². The van der Waals surface area contributed by atoms with Crippen LogP contribution >= 0.6 is 0 Å². The van der Waals surface area contributed by atoms with Gasteiger partial charge >= 0.3 is 0 Å². The van der Waals surface area contributed by atoms with Crippen molar-refractivity contribution in [2.75, 3.05) is 25.9 Å². The lowest BCUT2D eigenvalue weighted by molar-refractivity contribution is 0.305. The summed E-state index contributed by atoms with van der Waals surface area (Å²) in [7, 11) is -3.05. The van der Waals surface area contributed by atoms with E-state index < -0.39 is 10.0 Å². The molecule has 5 heteroatoms. The fourth-order valence-electron chi connectivity index (χ4n) is 1.80. The van der Waals surface area contributed by atoms with Crippen LogP contribution in [-0.2, 0) is 10.0 Å². The fourth-order valence-corrected chi connectivity index (χ4v) is 3.09. The van der Waals surface area contributed by atoms with Crippen molar-refractivity contribution in [1.82, 2.24) is 9.62 Å². The molecule has 0 bridgehead atoms. The molecule has 0 aromatic rings. The van der Waals surface area contributed by atoms with Crippen molar-refractivity contribution in [2.24, 2.45) is 5.92 Å². The molecule has 1 rings (SSSR count). The van der Waals surface area contributed by atoms with E-state index in [1.807, 2.05) is 13.8 Å². The molecule has 1 atom stereocenters. The molecule has 1 aliphatic rings. The summed E-state index contributed by atoms with van der Waals surface area (Å²) in [5, 5.41) is 3.19. The predicted molar refractivity (Wildman–Crippen MR) is 57.7 cm³/mol. The van der Waals surface area contributed by atoms with Gasteiger partial charge in [-0.25, -0.2) is 8.42 Å². The van der Waals surface area contributed by atoms with E-state index in [1.165, 1.54) is 6.26 Å². The van der Waals surface area contributed by atoms with Gasteiger partial charge in [0, 0.05) is 19.1 Å². The first kappa shape index (κ1) is 11.9. The number of hydrogen-bond donors (Lipinski definition) is 1. The van der Waals surface area contributed by atoms with Crippen molar-refractivity contribution in [3.63, 3.8) is 0 Å². The Hall–Kier alpha value is -0.130. The molecule has 1 heterocycles. The van der Waals surface area contributed by atoms with Gasteiger partial charge < -0.3 is 5.32 Å². The molecule has 0 aromatic carbocycles. The number of hydrogen-bond acceptors (Lipinski definition) is 3. The first-order valence-electron chi connectivity index (χ1n) is 5.09. The second-order valence-corrected chi connectivity index (χ2v) is 6.31. The van der Waals surface area contributed by atoms with E-state index in [9.17, 15) is 8.42 Å². The van der Waals surface area contributed by atoms with Crippen molar-refractivity contribution in [2.45, 2.75) is 26.3 Å². The average molecular weight is 220 g/mol. The zero-order chi connectivity index (χ0) is 10.8. The van der Waals surface area contributed by atoms with E-state index in [1.54, 1.807) is 4.31 Å². The second kappa shape index (κ2) is 4.59. The molecule has 0 spiro atoms. The minimum atomic E-state index is -3.05. The van der Waals surface area contributed by atoms with Crippen LogP contribution in [0.4, 0.5) is 0 Å². The maximum absolute atomic E-state index is 11.6. The van der Waals surface area contributed by atoms with E-state index in [4.69, 9.17) is 0 Å². The number of nitrogens with zero attached hydrogens (tertiary/aromatic N) is 1. The van der Waals surface area contributed by atoms with Gasteiger partial charge in [-0.1, -0.05) is 13.8 Å². The first-order chi connectivity index (χ1) is 6.41. The maximum atomic E-state index is 11.6. The van der Waals surface area contributed by atoms with Crippen LogP contribution in [0.3, 0.4) is 0 Å². The summed E-state index contributed by atoms with van der Waals surface area (Å²) in [5.74, 6) is 0.380. The molecule has 14 heavy (non-hydrogen) atoms. The van der Waals surface area contributed by atoms with Crippen LogP contribution in [0.1, 0.15) is 20.3 Å². The van der Waals surface area contributed by atoms with Gasteiger partial charge in [0.15, 0.2) is 0 Å². The third kappa shape index (κ3) is 3.22. The van der Waals surface area contributed by atoms with Gasteiger partial charge in [0.25, 0.3) is 0 Å². The summed E-state index contributed by atoms with van der Waals surface area (Å²) in [5.41, 5.74) is 0. The number of rotatable bonds is 4. The van der Waals surface area contributed by atoms with E-state index >= 15 is 0 Å². The minimum Gasteiger partial charge on any atom is -0.315 e. The Bertz CT molecular complexity index is 269. The molecule has 4 nitrogen and oxygen atoms in total. The van der Waals surface area contributed by atoms with Gasteiger partial charge in [-0.3, -0.25) is 0 Å². The van der Waals surface area contributed by atoms with E-state index in [2.05, 4.69) is 5.32 Å². The molecule has 1 saturated heterocycles. The third-order valence-electron chi connectivity index (χ3n) is 2.41. The molecule has 0 aromatic heterocycles. The zero-order valence-electron chi connectivity index (χ0n) is 9.16. The van der Waals surface area contributed by atoms with Crippen molar-refractivity contribution in [1.29, 1.82) is 0 Å². The van der Waals surface area contributed by atoms with Crippen LogP contribution in [-0.4, -0.2) is 44.7 Å². The molecule has 84 valence electrons. The second-order valence-electron chi connectivity index (χ2n) is 4.37.